The van der Waals surface area contributed by atoms with Crippen molar-refractivity contribution in [3.63, 3.8) is 0 Å². The summed E-state index contributed by atoms with van der Waals surface area (Å²) in [5, 5.41) is 8.83. The molecular formula is C7H12O3. The van der Waals surface area contributed by atoms with Crippen LogP contribution < -0.4 is 0 Å². The molecule has 0 saturated heterocycles. The smallest absolute Gasteiger partial charge is 0.170 e. The summed E-state index contributed by atoms with van der Waals surface area (Å²) in [6, 6.07) is 0. The summed E-state index contributed by atoms with van der Waals surface area (Å²) >= 11 is 0. The lowest BCUT2D eigenvalue weighted by molar-refractivity contribution is -0.137. The van der Waals surface area contributed by atoms with Gasteiger partial charge in [-0.2, -0.15) is 0 Å². The van der Waals surface area contributed by atoms with Gasteiger partial charge in [0, 0.05) is 6.42 Å². The van der Waals surface area contributed by atoms with Crippen molar-refractivity contribution in [1.82, 2.24) is 0 Å². The van der Waals surface area contributed by atoms with Crippen LogP contribution in [0.4, 0.5) is 0 Å². The van der Waals surface area contributed by atoms with Gasteiger partial charge >= 0.3 is 0 Å². The predicted molar refractivity (Wildman–Crippen MR) is 36.6 cm³/mol. The first-order chi connectivity index (χ1) is 4.59. The van der Waals surface area contributed by atoms with Crippen molar-refractivity contribution < 1.29 is 14.7 Å². The Morgan fingerprint density at radius 1 is 1.50 bits per heavy atom. The highest BCUT2D eigenvalue weighted by atomic mass is 16.3. The average Bonchev–Trinajstić information content (AvgIpc) is 1.87. The second-order valence-electron chi connectivity index (χ2n) is 2.23. The number of carbonyl (C=O) groups is 2. The van der Waals surface area contributed by atoms with Gasteiger partial charge in [-0.3, -0.25) is 9.59 Å². The lowest BCUT2D eigenvalue weighted by Crippen LogP contribution is -2.27. The molecule has 58 valence electrons. The van der Waals surface area contributed by atoms with Crippen molar-refractivity contribution in [3.8, 4) is 0 Å². The van der Waals surface area contributed by atoms with Crippen LogP contribution in [-0.2, 0) is 9.59 Å². The van der Waals surface area contributed by atoms with Gasteiger partial charge in [-0.25, -0.2) is 0 Å². The molecule has 0 aromatic rings. The zero-order valence-electron chi connectivity index (χ0n) is 6.26. The Morgan fingerprint density at radius 3 is 2.30 bits per heavy atom. The third-order valence-electron chi connectivity index (χ3n) is 1.19. The molecule has 0 unspecified atom stereocenters. The molecule has 0 amide bonds. The predicted octanol–water partition coefficient (Wildman–Crippen LogP) is 0.305. The van der Waals surface area contributed by atoms with Crippen LogP contribution in [0.15, 0.2) is 0 Å². The van der Waals surface area contributed by atoms with E-state index in [-0.39, 0.29) is 12.2 Å². The van der Waals surface area contributed by atoms with Gasteiger partial charge in [-0.05, 0) is 13.3 Å². The van der Waals surface area contributed by atoms with E-state index in [4.69, 9.17) is 5.11 Å². The van der Waals surface area contributed by atoms with Crippen LogP contribution >= 0.6 is 0 Å². The van der Waals surface area contributed by atoms with Crippen LogP contribution in [0.1, 0.15) is 26.7 Å². The van der Waals surface area contributed by atoms with Gasteiger partial charge in [0.2, 0.25) is 0 Å². The van der Waals surface area contributed by atoms with E-state index < -0.39 is 11.9 Å². The summed E-state index contributed by atoms with van der Waals surface area (Å²) in [6.45, 7) is 3.03. The number of aliphatic hydroxyl groups excluding tert-OH is 1. The first-order valence-electron chi connectivity index (χ1n) is 3.30. The SMILES string of the molecule is CCCC(=O)[C@@H](O)C(C)=O. The van der Waals surface area contributed by atoms with Gasteiger partial charge in [-0.1, -0.05) is 6.92 Å². The molecule has 0 rings (SSSR count). The molecule has 0 heterocycles. The van der Waals surface area contributed by atoms with Crippen molar-refractivity contribution in [1.29, 1.82) is 0 Å². The fourth-order valence-corrected chi connectivity index (χ4v) is 0.610. The van der Waals surface area contributed by atoms with E-state index in [1.54, 1.807) is 0 Å². The molecular weight excluding hydrogens is 132 g/mol. The number of hydrogen-bond acceptors (Lipinski definition) is 3. The Hall–Kier alpha value is -0.700. The second-order valence-corrected chi connectivity index (χ2v) is 2.23. The minimum Gasteiger partial charge on any atom is -0.378 e. The molecule has 0 aliphatic carbocycles. The maximum atomic E-state index is 10.7. The number of aliphatic hydroxyl groups is 1. The van der Waals surface area contributed by atoms with Gasteiger partial charge in [0.15, 0.2) is 17.7 Å². The number of Topliss-reactive ketones (excluding diaryl/α,β-unsaturated/α-hetero) is 2. The monoisotopic (exact) mass is 144 g/mol. The van der Waals surface area contributed by atoms with E-state index in [1.807, 2.05) is 6.92 Å². The first kappa shape index (κ1) is 9.30. The molecule has 1 atom stereocenters. The van der Waals surface area contributed by atoms with E-state index in [0.717, 1.165) is 0 Å². The lowest BCUT2D eigenvalue weighted by atomic mass is 10.1. The van der Waals surface area contributed by atoms with E-state index >= 15 is 0 Å². The normalized spacial score (nSPS) is 12.7. The molecule has 0 fully saturated rings. The van der Waals surface area contributed by atoms with Gasteiger partial charge in [0.25, 0.3) is 0 Å². The molecule has 0 saturated carbocycles. The summed E-state index contributed by atoms with van der Waals surface area (Å²) in [4.78, 5) is 21.1. The Morgan fingerprint density at radius 2 is 2.00 bits per heavy atom. The van der Waals surface area contributed by atoms with Crippen LogP contribution in [0.5, 0.6) is 0 Å². The molecule has 0 aromatic heterocycles. The molecule has 0 aromatic carbocycles. The number of ketones is 2. The molecule has 0 aliphatic heterocycles. The third kappa shape index (κ3) is 2.73. The fourth-order valence-electron chi connectivity index (χ4n) is 0.610. The second kappa shape index (κ2) is 4.17. The Labute approximate surface area is 60.0 Å². The number of hydrogen-bond donors (Lipinski definition) is 1. The van der Waals surface area contributed by atoms with Gasteiger partial charge in [-0.15, -0.1) is 0 Å². The molecule has 10 heavy (non-hydrogen) atoms. The van der Waals surface area contributed by atoms with Crippen molar-refractivity contribution in [2.75, 3.05) is 0 Å². The molecule has 0 spiro atoms. The summed E-state index contributed by atoms with van der Waals surface area (Å²) in [5.74, 6) is -0.853. The Bertz CT molecular complexity index is 140. The largest absolute Gasteiger partial charge is 0.378 e. The molecule has 0 bridgehead atoms. The highest BCUT2D eigenvalue weighted by molar-refractivity contribution is 6.03. The first-order valence-corrected chi connectivity index (χ1v) is 3.30. The van der Waals surface area contributed by atoms with Crippen LogP contribution in [0.2, 0.25) is 0 Å². The van der Waals surface area contributed by atoms with Crippen molar-refractivity contribution in [3.05, 3.63) is 0 Å². The topological polar surface area (TPSA) is 54.4 Å². The fraction of sp³-hybridized carbons (Fsp3) is 0.714. The highest BCUT2D eigenvalue weighted by Crippen LogP contribution is 1.95. The Kier molecular flexibility index (Phi) is 3.88. The average molecular weight is 144 g/mol. The lowest BCUT2D eigenvalue weighted by Gasteiger charge is -2.02. The van der Waals surface area contributed by atoms with Gasteiger partial charge in [0.05, 0.1) is 0 Å². The van der Waals surface area contributed by atoms with E-state index in [0.29, 0.717) is 6.42 Å². The quantitative estimate of drug-likeness (QED) is 0.577. The van der Waals surface area contributed by atoms with Crippen LogP contribution in [0.25, 0.3) is 0 Å². The van der Waals surface area contributed by atoms with Crippen LogP contribution in [-0.4, -0.2) is 22.8 Å². The maximum Gasteiger partial charge on any atom is 0.170 e. The molecule has 0 radical (unpaired) electrons. The molecule has 3 nitrogen and oxygen atoms in total. The summed E-state index contributed by atoms with van der Waals surface area (Å²) in [7, 11) is 0. The van der Waals surface area contributed by atoms with E-state index in [9.17, 15) is 9.59 Å². The zero-order chi connectivity index (χ0) is 8.15. The maximum absolute atomic E-state index is 10.7. The number of rotatable bonds is 4. The van der Waals surface area contributed by atoms with Crippen LogP contribution in [0.3, 0.4) is 0 Å². The minimum absolute atomic E-state index is 0.279. The minimum atomic E-state index is -1.39. The number of carbonyl (C=O) groups excluding carboxylic acids is 2. The standard InChI is InChI=1S/C7H12O3/c1-3-4-6(9)7(10)5(2)8/h7,10H,3-4H2,1-2H3/t7-/m0/s1. The highest BCUT2D eigenvalue weighted by Gasteiger charge is 2.17. The molecule has 0 aliphatic rings. The summed E-state index contributed by atoms with van der Waals surface area (Å²) < 4.78 is 0. The van der Waals surface area contributed by atoms with Crippen LogP contribution in [0, 0.1) is 0 Å². The van der Waals surface area contributed by atoms with Gasteiger partial charge < -0.3 is 5.11 Å². The summed E-state index contributed by atoms with van der Waals surface area (Å²) in [5.41, 5.74) is 0. The van der Waals surface area contributed by atoms with E-state index in [1.165, 1.54) is 6.92 Å². The third-order valence-corrected chi connectivity index (χ3v) is 1.19. The zero-order valence-corrected chi connectivity index (χ0v) is 6.26. The molecule has 3 heteroatoms. The van der Waals surface area contributed by atoms with Crippen molar-refractivity contribution in [2.24, 2.45) is 0 Å². The van der Waals surface area contributed by atoms with Crippen molar-refractivity contribution in [2.45, 2.75) is 32.8 Å². The summed E-state index contributed by atoms with van der Waals surface area (Å²) in [6.07, 6.45) is -0.441. The van der Waals surface area contributed by atoms with E-state index in [2.05, 4.69) is 0 Å². The molecule has 1 N–H and O–H groups in total. The Balaban J connectivity index is 3.82. The van der Waals surface area contributed by atoms with Gasteiger partial charge in [0.1, 0.15) is 0 Å². The van der Waals surface area contributed by atoms with Crippen molar-refractivity contribution >= 4 is 11.6 Å².